The van der Waals surface area contributed by atoms with Crippen LogP contribution < -0.4 is 11.1 Å². The fraction of sp³-hybridized carbons (Fsp3) is 0.250. The fourth-order valence-electron chi connectivity index (χ4n) is 2.60. The van der Waals surface area contributed by atoms with Crippen molar-refractivity contribution in [3.8, 4) is 11.4 Å². The topological polar surface area (TPSA) is 154 Å². The minimum absolute atomic E-state index is 0.0276. The number of pyridine rings is 1. The number of aromatic nitrogens is 3. The van der Waals surface area contributed by atoms with Crippen LogP contribution in [0.15, 0.2) is 59.0 Å². The molecule has 1 aromatic carbocycles. The van der Waals surface area contributed by atoms with Gasteiger partial charge in [-0.3, -0.25) is 15.1 Å². The van der Waals surface area contributed by atoms with E-state index in [-0.39, 0.29) is 17.2 Å². The number of azo groups is 1. The van der Waals surface area contributed by atoms with Crippen molar-refractivity contribution in [2.45, 2.75) is 13.3 Å². The van der Waals surface area contributed by atoms with Crippen LogP contribution in [0.4, 0.5) is 28.7 Å². The number of nitrogens with one attached hydrogen (secondary N) is 1. The summed E-state index contributed by atoms with van der Waals surface area (Å²) < 4.78 is 5.36. The summed E-state index contributed by atoms with van der Waals surface area (Å²) in [7, 11) is 0. The van der Waals surface area contributed by atoms with Crippen LogP contribution in [0.1, 0.15) is 13.3 Å². The Kier molecular flexibility index (Phi) is 7.49. The number of benzene rings is 1. The van der Waals surface area contributed by atoms with Gasteiger partial charge < -0.3 is 15.8 Å². The molecule has 2 aromatic heterocycles. The summed E-state index contributed by atoms with van der Waals surface area (Å²) in [6.45, 7) is 3.80. The van der Waals surface area contributed by atoms with E-state index in [0.717, 1.165) is 12.0 Å². The lowest BCUT2D eigenvalue weighted by Gasteiger charge is -2.11. The predicted octanol–water partition coefficient (Wildman–Crippen LogP) is 4.28. The number of non-ortho nitro benzene ring substituents is 1. The monoisotopic (exact) mass is 422 g/mol. The highest BCUT2D eigenvalue weighted by Gasteiger charge is 2.14. The smallest absolute Gasteiger partial charge is 0.269 e. The van der Waals surface area contributed by atoms with Gasteiger partial charge in [-0.2, -0.15) is 5.11 Å². The summed E-state index contributed by atoms with van der Waals surface area (Å²) in [5, 5.41) is 22.3. The third kappa shape index (κ3) is 6.00. The zero-order valence-electron chi connectivity index (χ0n) is 16.9. The van der Waals surface area contributed by atoms with E-state index in [4.69, 9.17) is 10.5 Å². The van der Waals surface area contributed by atoms with Crippen LogP contribution in [0, 0.1) is 10.1 Å². The first-order valence-corrected chi connectivity index (χ1v) is 9.64. The second-order valence-corrected chi connectivity index (χ2v) is 6.32. The molecule has 3 rings (SSSR count). The Labute approximate surface area is 178 Å². The van der Waals surface area contributed by atoms with Gasteiger partial charge in [-0.25, -0.2) is 9.97 Å². The molecule has 0 saturated heterocycles. The van der Waals surface area contributed by atoms with Crippen LogP contribution in [-0.4, -0.2) is 39.6 Å². The molecule has 0 aliphatic carbocycles. The van der Waals surface area contributed by atoms with Crippen LogP contribution in [0.2, 0.25) is 0 Å². The standard InChI is InChI=1S/C20H22N8O3/c1-2-31-13-3-10-23-20-17(27-26-15-4-6-16(7-5-15)28(29)30)18(21)24-19(25-20)14-8-11-22-12-9-14/h4-9,11-12H,2-3,10,13H2,1H3,(H3,21,23,24,25). The number of hydrogen-bond donors (Lipinski definition) is 2. The number of nitro groups is 1. The van der Waals surface area contributed by atoms with Gasteiger partial charge in [0.25, 0.3) is 5.69 Å². The number of nitrogens with zero attached hydrogens (tertiary/aromatic N) is 6. The van der Waals surface area contributed by atoms with Gasteiger partial charge in [0.05, 0.1) is 10.6 Å². The van der Waals surface area contributed by atoms with Crippen molar-refractivity contribution in [3.63, 3.8) is 0 Å². The molecular weight excluding hydrogens is 400 g/mol. The molecule has 0 aliphatic rings. The average molecular weight is 422 g/mol. The van der Waals surface area contributed by atoms with Crippen molar-refractivity contribution in [2.24, 2.45) is 10.2 Å². The van der Waals surface area contributed by atoms with Gasteiger partial charge in [0.1, 0.15) is 0 Å². The molecule has 0 radical (unpaired) electrons. The molecule has 0 bridgehead atoms. The van der Waals surface area contributed by atoms with Gasteiger partial charge in [0, 0.05) is 49.8 Å². The lowest BCUT2D eigenvalue weighted by atomic mass is 10.2. The summed E-state index contributed by atoms with van der Waals surface area (Å²) in [5.74, 6) is 1.02. The highest BCUT2D eigenvalue weighted by atomic mass is 16.6. The number of anilines is 2. The Morgan fingerprint density at radius 2 is 1.87 bits per heavy atom. The van der Waals surface area contributed by atoms with Crippen molar-refractivity contribution in [2.75, 3.05) is 30.8 Å². The molecule has 0 spiro atoms. The molecule has 0 amide bonds. The lowest BCUT2D eigenvalue weighted by molar-refractivity contribution is -0.384. The summed E-state index contributed by atoms with van der Waals surface area (Å²) in [4.78, 5) is 23.2. The molecule has 0 fully saturated rings. The molecule has 3 aromatic rings. The summed E-state index contributed by atoms with van der Waals surface area (Å²) in [6, 6.07) is 9.27. The Balaban J connectivity index is 1.88. The maximum Gasteiger partial charge on any atom is 0.269 e. The number of hydrogen-bond acceptors (Lipinski definition) is 10. The summed E-state index contributed by atoms with van der Waals surface area (Å²) in [6.07, 6.45) is 4.06. The SMILES string of the molecule is CCOCCCNc1nc(-c2ccncc2)nc(N)c1N=Nc1ccc([N+](=O)[O-])cc1. The van der Waals surface area contributed by atoms with Crippen molar-refractivity contribution in [1.82, 2.24) is 15.0 Å². The first-order chi connectivity index (χ1) is 15.1. The van der Waals surface area contributed by atoms with E-state index in [0.29, 0.717) is 37.1 Å². The Morgan fingerprint density at radius 1 is 1.13 bits per heavy atom. The van der Waals surface area contributed by atoms with Crippen molar-refractivity contribution >= 4 is 28.7 Å². The van der Waals surface area contributed by atoms with E-state index in [1.165, 1.54) is 24.3 Å². The molecule has 2 heterocycles. The highest BCUT2D eigenvalue weighted by Crippen LogP contribution is 2.33. The first-order valence-electron chi connectivity index (χ1n) is 9.64. The average Bonchev–Trinajstić information content (AvgIpc) is 2.79. The van der Waals surface area contributed by atoms with Crippen molar-refractivity contribution in [3.05, 3.63) is 58.9 Å². The van der Waals surface area contributed by atoms with Gasteiger partial charge in [-0.1, -0.05) is 0 Å². The normalized spacial score (nSPS) is 11.0. The maximum atomic E-state index is 10.8. The zero-order valence-corrected chi connectivity index (χ0v) is 16.9. The number of nitrogens with two attached hydrogens (primary N) is 1. The number of nitro benzene ring substituents is 1. The van der Waals surface area contributed by atoms with E-state index in [2.05, 4.69) is 30.5 Å². The van der Waals surface area contributed by atoms with E-state index >= 15 is 0 Å². The molecule has 3 N–H and O–H groups in total. The summed E-state index contributed by atoms with van der Waals surface area (Å²) in [5.41, 5.74) is 7.62. The maximum absolute atomic E-state index is 10.8. The number of nitrogen functional groups attached to an aromatic ring is 1. The Bertz CT molecular complexity index is 1040. The molecule has 0 atom stereocenters. The van der Waals surface area contributed by atoms with E-state index in [9.17, 15) is 10.1 Å². The molecule has 11 nitrogen and oxygen atoms in total. The number of ether oxygens (including phenoxy) is 1. The molecule has 31 heavy (non-hydrogen) atoms. The summed E-state index contributed by atoms with van der Waals surface area (Å²) >= 11 is 0. The largest absolute Gasteiger partial charge is 0.382 e. The molecule has 0 unspecified atom stereocenters. The molecule has 11 heteroatoms. The fourth-order valence-corrected chi connectivity index (χ4v) is 2.60. The molecule has 0 aliphatic heterocycles. The minimum atomic E-state index is -0.477. The van der Waals surface area contributed by atoms with Crippen LogP contribution in [-0.2, 0) is 4.74 Å². The van der Waals surface area contributed by atoms with Crippen LogP contribution in [0.5, 0.6) is 0 Å². The third-order valence-corrected chi connectivity index (χ3v) is 4.14. The zero-order chi connectivity index (χ0) is 22.1. The van der Waals surface area contributed by atoms with Gasteiger partial charge >= 0.3 is 0 Å². The second kappa shape index (κ2) is 10.7. The first kappa shape index (κ1) is 21.7. The molecular formula is C20H22N8O3. The van der Waals surface area contributed by atoms with Gasteiger partial charge in [-0.15, -0.1) is 5.11 Å². The number of rotatable bonds is 10. The minimum Gasteiger partial charge on any atom is -0.382 e. The Morgan fingerprint density at radius 3 is 2.55 bits per heavy atom. The van der Waals surface area contributed by atoms with E-state index in [1.54, 1.807) is 24.5 Å². The van der Waals surface area contributed by atoms with Crippen molar-refractivity contribution in [1.29, 1.82) is 0 Å². The quantitative estimate of drug-likeness (QED) is 0.212. The highest BCUT2D eigenvalue weighted by molar-refractivity contribution is 5.75. The second-order valence-electron chi connectivity index (χ2n) is 6.32. The predicted molar refractivity (Wildman–Crippen MR) is 117 cm³/mol. The van der Waals surface area contributed by atoms with Crippen LogP contribution in [0.25, 0.3) is 11.4 Å². The van der Waals surface area contributed by atoms with Crippen molar-refractivity contribution < 1.29 is 9.66 Å². The van der Waals surface area contributed by atoms with E-state index < -0.39 is 4.92 Å². The third-order valence-electron chi connectivity index (χ3n) is 4.14. The molecule has 0 saturated carbocycles. The van der Waals surface area contributed by atoms with Crippen LogP contribution >= 0.6 is 0 Å². The van der Waals surface area contributed by atoms with Gasteiger partial charge in [0.15, 0.2) is 23.1 Å². The molecule has 160 valence electrons. The Hall–Kier alpha value is -3.99. The van der Waals surface area contributed by atoms with Gasteiger partial charge in [0.2, 0.25) is 0 Å². The lowest BCUT2D eigenvalue weighted by Crippen LogP contribution is -2.09. The van der Waals surface area contributed by atoms with Gasteiger partial charge in [-0.05, 0) is 37.6 Å². The van der Waals surface area contributed by atoms with Crippen LogP contribution in [0.3, 0.4) is 0 Å². The van der Waals surface area contributed by atoms with E-state index in [1.807, 2.05) is 6.92 Å².